The molecule has 196 valence electrons. The fourth-order valence-corrected chi connectivity index (χ4v) is 3.61. The number of hydrogen-bond donors (Lipinski definition) is 8. The van der Waals surface area contributed by atoms with E-state index in [9.17, 15) is 29.1 Å². The number of carboxylic acids is 1. The highest BCUT2D eigenvalue weighted by Crippen LogP contribution is 2.19. The molecule has 0 aliphatic rings. The van der Waals surface area contributed by atoms with Gasteiger partial charge in [0.05, 0.1) is 19.0 Å². The van der Waals surface area contributed by atoms with Crippen molar-refractivity contribution in [1.29, 1.82) is 0 Å². The van der Waals surface area contributed by atoms with E-state index < -0.39 is 60.7 Å². The van der Waals surface area contributed by atoms with Crippen molar-refractivity contribution >= 4 is 40.5 Å². The minimum absolute atomic E-state index is 0.0363. The minimum atomic E-state index is -1.23. The number of aliphatic carboxylic acids is 1. The van der Waals surface area contributed by atoms with E-state index in [1.165, 1.54) is 0 Å². The predicted octanol–water partition coefficient (Wildman–Crippen LogP) is -1.79. The molecule has 0 spiro atoms. The van der Waals surface area contributed by atoms with Gasteiger partial charge in [-0.05, 0) is 37.4 Å². The third-order valence-electron chi connectivity index (χ3n) is 5.49. The maximum Gasteiger partial charge on any atom is 0.326 e. The number of fused-ring (bicyclic) bond motifs is 1. The Morgan fingerprint density at radius 3 is 2.39 bits per heavy atom. The molecule has 1 aromatic heterocycles. The topological polar surface area (TPSA) is 236 Å². The van der Waals surface area contributed by atoms with Gasteiger partial charge in [-0.2, -0.15) is 0 Å². The largest absolute Gasteiger partial charge is 0.480 e. The summed E-state index contributed by atoms with van der Waals surface area (Å²) in [5, 5.41) is 17.7. The molecular weight excluding hydrogens is 470 g/mol. The van der Waals surface area contributed by atoms with Crippen LogP contribution in [-0.2, 0) is 30.4 Å². The van der Waals surface area contributed by atoms with E-state index in [-0.39, 0.29) is 12.8 Å². The third kappa shape index (κ3) is 8.67. The lowest BCUT2D eigenvalue weighted by molar-refractivity contribution is -0.141. The molecule has 0 bridgehead atoms. The number of rotatable bonds is 15. The molecule has 3 unspecified atom stereocenters. The Hall–Kier alpha value is -3.97. The van der Waals surface area contributed by atoms with Crippen molar-refractivity contribution in [1.82, 2.24) is 20.9 Å². The number of amides is 4. The second kappa shape index (κ2) is 13.8. The molecule has 36 heavy (non-hydrogen) atoms. The van der Waals surface area contributed by atoms with Gasteiger partial charge in [-0.25, -0.2) is 4.79 Å². The summed E-state index contributed by atoms with van der Waals surface area (Å²) in [4.78, 5) is 63.1. The lowest BCUT2D eigenvalue weighted by atomic mass is 10.0. The van der Waals surface area contributed by atoms with Crippen molar-refractivity contribution in [2.24, 2.45) is 17.2 Å². The lowest BCUT2D eigenvalue weighted by Gasteiger charge is -2.21. The van der Waals surface area contributed by atoms with Crippen LogP contribution in [0.15, 0.2) is 30.5 Å². The summed E-state index contributed by atoms with van der Waals surface area (Å²) in [6.45, 7) is -0.119. The molecule has 13 nitrogen and oxygen atoms in total. The molecule has 13 heteroatoms. The van der Waals surface area contributed by atoms with Gasteiger partial charge in [-0.3, -0.25) is 19.2 Å². The van der Waals surface area contributed by atoms with Crippen LogP contribution in [0.25, 0.3) is 10.9 Å². The number of para-hydroxylation sites is 1. The molecule has 0 saturated heterocycles. The average Bonchev–Trinajstić information content (AvgIpc) is 3.23. The van der Waals surface area contributed by atoms with E-state index in [2.05, 4.69) is 20.9 Å². The number of aromatic amines is 1. The van der Waals surface area contributed by atoms with Gasteiger partial charge in [-0.1, -0.05) is 18.2 Å². The van der Waals surface area contributed by atoms with Crippen molar-refractivity contribution in [2.45, 2.75) is 50.2 Å². The Kier molecular flexibility index (Phi) is 10.8. The number of primary amides is 1. The van der Waals surface area contributed by atoms with Gasteiger partial charge in [0.2, 0.25) is 23.6 Å². The van der Waals surface area contributed by atoms with Crippen LogP contribution in [-0.4, -0.2) is 70.9 Å². The number of carboxylic acid groups (broad SMARTS) is 1. The number of nitrogens with one attached hydrogen (secondary N) is 4. The molecule has 1 aromatic carbocycles. The van der Waals surface area contributed by atoms with Gasteiger partial charge in [0.1, 0.15) is 12.1 Å². The van der Waals surface area contributed by atoms with Gasteiger partial charge in [-0.15, -0.1) is 0 Å². The van der Waals surface area contributed by atoms with Crippen LogP contribution >= 0.6 is 0 Å². The number of aromatic nitrogens is 1. The number of benzene rings is 1. The summed E-state index contributed by atoms with van der Waals surface area (Å²) in [6, 6.07) is 3.89. The number of hydrogen-bond acceptors (Lipinski definition) is 7. The molecule has 4 amide bonds. The van der Waals surface area contributed by atoms with Crippen LogP contribution in [0.1, 0.15) is 31.2 Å². The summed E-state index contributed by atoms with van der Waals surface area (Å²) < 4.78 is 0. The van der Waals surface area contributed by atoms with Gasteiger partial charge in [0.15, 0.2) is 0 Å². The fourth-order valence-electron chi connectivity index (χ4n) is 3.61. The summed E-state index contributed by atoms with van der Waals surface area (Å²) >= 11 is 0. The van der Waals surface area contributed by atoms with E-state index >= 15 is 0 Å². The molecule has 11 N–H and O–H groups in total. The zero-order valence-electron chi connectivity index (χ0n) is 19.8. The van der Waals surface area contributed by atoms with Gasteiger partial charge in [0, 0.05) is 23.5 Å². The summed E-state index contributed by atoms with van der Waals surface area (Å²) in [5.74, 6) is -4.11. The summed E-state index contributed by atoms with van der Waals surface area (Å²) in [7, 11) is 0. The summed E-state index contributed by atoms with van der Waals surface area (Å²) in [5.41, 5.74) is 17.7. The van der Waals surface area contributed by atoms with Crippen molar-refractivity contribution in [3.8, 4) is 0 Å². The average molecular weight is 504 g/mol. The summed E-state index contributed by atoms with van der Waals surface area (Å²) in [6.07, 6.45) is 2.66. The van der Waals surface area contributed by atoms with Gasteiger partial charge in [0.25, 0.3) is 0 Å². The Bertz CT molecular complexity index is 1090. The molecule has 2 rings (SSSR count). The Labute approximate surface area is 207 Å². The van der Waals surface area contributed by atoms with Crippen LogP contribution in [0, 0.1) is 0 Å². The Morgan fingerprint density at radius 2 is 1.72 bits per heavy atom. The molecule has 0 fully saturated rings. The fraction of sp³-hybridized carbons (Fsp3) is 0.435. The molecule has 3 atom stereocenters. The Balaban J connectivity index is 1.96. The maximum absolute atomic E-state index is 12.7. The van der Waals surface area contributed by atoms with E-state index in [4.69, 9.17) is 17.2 Å². The van der Waals surface area contributed by atoms with Gasteiger partial charge >= 0.3 is 5.97 Å². The normalized spacial score (nSPS) is 13.4. The van der Waals surface area contributed by atoms with Crippen LogP contribution in [0.4, 0.5) is 0 Å². The zero-order valence-corrected chi connectivity index (χ0v) is 19.8. The monoisotopic (exact) mass is 503 g/mol. The van der Waals surface area contributed by atoms with Gasteiger partial charge < -0.3 is 43.2 Å². The van der Waals surface area contributed by atoms with E-state index in [0.717, 1.165) is 16.5 Å². The molecule has 0 aliphatic heterocycles. The molecular formula is C23H33N7O6. The molecule has 2 aromatic rings. The highest BCUT2D eigenvalue weighted by atomic mass is 16.4. The van der Waals surface area contributed by atoms with Crippen molar-refractivity contribution in [3.05, 3.63) is 36.0 Å². The SMILES string of the molecule is NCCCCC(NC(=O)C(N)CC(N)=O)C(=O)NCC(=O)NC(Cc1c[nH]c2ccccc12)C(=O)O. The first-order valence-corrected chi connectivity index (χ1v) is 11.5. The molecule has 0 aliphatic carbocycles. The van der Waals surface area contributed by atoms with Crippen molar-refractivity contribution in [3.63, 3.8) is 0 Å². The smallest absolute Gasteiger partial charge is 0.326 e. The number of carbonyl (C=O) groups is 5. The first kappa shape index (κ1) is 28.3. The number of carbonyl (C=O) groups excluding carboxylic acids is 4. The van der Waals surface area contributed by atoms with Crippen LogP contribution < -0.4 is 33.2 Å². The predicted molar refractivity (Wildman–Crippen MR) is 131 cm³/mol. The quantitative estimate of drug-likeness (QED) is 0.129. The zero-order chi connectivity index (χ0) is 26.7. The van der Waals surface area contributed by atoms with Crippen LogP contribution in [0.5, 0.6) is 0 Å². The highest BCUT2D eigenvalue weighted by molar-refractivity contribution is 5.94. The van der Waals surface area contributed by atoms with Crippen molar-refractivity contribution < 1.29 is 29.1 Å². The third-order valence-corrected chi connectivity index (χ3v) is 5.49. The highest BCUT2D eigenvalue weighted by Gasteiger charge is 2.26. The Morgan fingerprint density at radius 1 is 1.00 bits per heavy atom. The molecule has 0 saturated carbocycles. The second-order valence-corrected chi connectivity index (χ2v) is 8.36. The molecule has 1 heterocycles. The lowest BCUT2D eigenvalue weighted by Crippen LogP contribution is -2.54. The van der Waals surface area contributed by atoms with Crippen LogP contribution in [0.2, 0.25) is 0 Å². The van der Waals surface area contributed by atoms with Crippen LogP contribution in [0.3, 0.4) is 0 Å². The number of H-pyrrole nitrogens is 1. The van der Waals surface area contributed by atoms with E-state index in [1.54, 1.807) is 6.20 Å². The maximum atomic E-state index is 12.7. The standard InChI is InChI=1S/C23H33N7O6/c24-8-4-3-7-17(30-21(33)15(25)10-19(26)31)22(34)28-12-20(32)29-18(23(35)36)9-13-11-27-16-6-2-1-5-14(13)16/h1-2,5-6,11,15,17-18,27H,3-4,7-10,12,24-25H2,(H2,26,31)(H,28,34)(H,29,32)(H,30,33)(H,35,36). The number of unbranched alkanes of at least 4 members (excludes halogenated alkanes) is 1. The number of nitrogens with two attached hydrogens (primary N) is 3. The van der Waals surface area contributed by atoms with Crippen molar-refractivity contribution in [2.75, 3.05) is 13.1 Å². The molecule has 0 radical (unpaired) electrons. The van der Waals surface area contributed by atoms with E-state index in [0.29, 0.717) is 19.4 Å². The second-order valence-electron chi connectivity index (χ2n) is 8.36. The first-order chi connectivity index (χ1) is 17.1. The van der Waals surface area contributed by atoms with E-state index in [1.807, 2.05) is 24.3 Å². The minimum Gasteiger partial charge on any atom is -0.480 e. The first-order valence-electron chi connectivity index (χ1n) is 11.5.